The van der Waals surface area contributed by atoms with Crippen molar-refractivity contribution >= 4 is 5.97 Å². The Labute approximate surface area is 165 Å². The Bertz CT molecular complexity index is 764. The fourth-order valence-electron chi connectivity index (χ4n) is 2.65. The quantitative estimate of drug-likeness (QED) is 0.479. The first-order chi connectivity index (χ1) is 13.4. The van der Waals surface area contributed by atoms with Crippen LogP contribution in [0.15, 0.2) is 60.7 Å². The highest BCUT2D eigenvalue weighted by Crippen LogP contribution is 2.17. The molecule has 1 atom stereocenters. The summed E-state index contributed by atoms with van der Waals surface area (Å²) in [5, 5.41) is 10.2. The van der Waals surface area contributed by atoms with Crippen molar-refractivity contribution in [1.82, 2.24) is 0 Å². The van der Waals surface area contributed by atoms with Gasteiger partial charge >= 0.3 is 5.97 Å². The fraction of sp³-hybridized carbons (Fsp3) is 0.348. The summed E-state index contributed by atoms with van der Waals surface area (Å²) in [7, 11) is 0. The summed E-state index contributed by atoms with van der Waals surface area (Å²) in [4.78, 5) is 11.5. The molecule has 0 aliphatic carbocycles. The number of aryl methyl sites for hydroxylation is 1. The molecule has 0 bridgehead atoms. The molecule has 2 aromatic carbocycles. The van der Waals surface area contributed by atoms with Crippen LogP contribution in [0, 0.1) is 5.82 Å². The molecule has 2 rings (SSSR count). The second-order valence-corrected chi connectivity index (χ2v) is 6.84. The molecule has 5 heteroatoms. The molecule has 0 spiro atoms. The highest BCUT2D eigenvalue weighted by molar-refractivity contribution is 5.71. The maximum absolute atomic E-state index is 12.9. The molecule has 0 saturated carbocycles. The molecule has 2 aromatic rings. The van der Waals surface area contributed by atoms with Crippen molar-refractivity contribution in [2.45, 2.75) is 45.3 Å². The lowest BCUT2D eigenvalue weighted by Gasteiger charge is -2.17. The van der Waals surface area contributed by atoms with E-state index in [0.717, 1.165) is 29.7 Å². The Kier molecular flexibility index (Phi) is 8.20. The lowest BCUT2D eigenvalue weighted by molar-refractivity contribution is -0.146. The number of hydrogen-bond donors (Lipinski definition) is 1. The van der Waals surface area contributed by atoms with E-state index in [1.54, 1.807) is 32.1 Å². The molecule has 0 aromatic heterocycles. The third kappa shape index (κ3) is 7.92. The van der Waals surface area contributed by atoms with Gasteiger partial charge in [0.05, 0.1) is 18.6 Å². The summed E-state index contributed by atoms with van der Waals surface area (Å²) in [6.45, 7) is 4.02. The van der Waals surface area contributed by atoms with E-state index in [-0.39, 0.29) is 12.2 Å². The van der Waals surface area contributed by atoms with Gasteiger partial charge in [0.2, 0.25) is 0 Å². The van der Waals surface area contributed by atoms with E-state index in [1.807, 2.05) is 30.3 Å². The molecule has 0 saturated heterocycles. The highest BCUT2D eigenvalue weighted by Gasteiger charge is 2.21. The minimum atomic E-state index is -1.20. The number of aliphatic hydroxyl groups is 1. The summed E-state index contributed by atoms with van der Waals surface area (Å²) in [5.41, 5.74) is 0.846. The Morgan fingerprint density at radius 3 is 2.39 bits per heavy atom. The highest BCUT2D eigenvalue weighted by atomic mass is 19.1. The van der Waals surface area contributed by atoms with Crippen LogP contribution in [-0.2, 0) is 22.6 Å². The second-order valence-electron chi connectivity index (χ2n) is 6.84. The molecule has 1 unspecified atom stereocenters. The number of rotatable bonds is 10. The van der Waals surface area contributed by atoms with Gasteiger partial charge in [-0.15, -0.1) is 0 Å². The van der Waals surface area contributed by atoms with Crippen molar-refractivity contribution in [3.05, 3.63) is 77.6 Å². The van der Waals surface area contributed by atoms with Gasteiger partial charge in [-0.05, 0) is 62.1 Å². The van der Waals surface area contributed by atoms with Gasteiger partial charge < -0.3 is 14.6 Å². The van der Waals surface area contributed by atoms with Crippen molar-refractivity contribution in [2.75, 3.05) is 6.61 Å². The van der Waals surface area contributed by atoms with Crippen LogP contribution in [0.2, 0.25) is 0 Å². The van der Waals surface area contributed by atoms with E-state index < -0.39 is 11.6 Å². The predicted molar refractivity (Wildman–Crippen MR) is 107 cm³/mol. The standard InChI is InChI=1S/C23H27FO4/c1-3-27-22(25)16-23(2,26)15-5-4-6-18-9-13-21(14-10-18)28-17-19-7-11-20(24)12-8-19/h5,7-15,26H,3-4,6,16-17H2,1-2H3/b15-5+. The Balaban J connectivity index is 1.76. The lowest BCUT2D eigenvalue weighted by Crippen LogP contribution is -2.26. The number of carbonyl (C=O) groups is 1. The lowest BCUT2D eigenvalue weighted by atomic mass is 10.0. The van der Waals surface area contributed by atoms with E-state index in [9.17, 15) is 14.3 Å². The molecule has 0 fully saturated rings. The first-order valence-corrected chi connectivity index (χ1v) is 9.40. The Morgan fingerprint density at radius 1 is 1.11 bits per heavy atom. The van der Waals surface area contributed by atoms with Gasteiger partial charge in [0, 0.05) is 0 Å². The summed E-state index contributed by atoms with van der Waals surface area (Å²) < 4.78 is 23.5. The zero-order valence-electron chi connectivity index (χ0n) is 16.4. The van der Waals surface area contributed by atoms with Crippen LogP contribution in [-0.4, -0.2) is 23.3 Å². The molecule has 150 valence electrons. The second kappa shape index (κ2) is 10.6. The maximum Gasteiger partial charge on any atom is 0.309 e. The summed E-state index contributed by atoms with van der Waals surface area (Å²) in [6.07, 6.45) is 5.01. The number of benzene rings is 2. The first kappa shape index (κ1) is 21.6. The van der Waals surface area contributed by atoms with Crippen LogP contribution in [0.25, 0.3) is 0 Å². The third-order valence-electron chi connectivity index (χ3n) is 4.13. The maximum atomic E-state index is 12.9. The number of ether oxygens (including phenoxy) is 2. The summed E-state index contributed by atoms with van der Waals surface area (Å²) in [6, 6.07) is 14.0. The van der Waals surface area contributed by atoms with E-state index in [1.165, 1.54) is 12.1 Å². The van der Waals surface area contributed by atoms with Crippen molar-refractivity contribution in [1.29, 1.82) is 0 Å². The monoisotopic (exact) mass is 386 g/mol. The van der Waals surface area contributed by atoms with Crippen molar-refractivity contribution in [3.8, 4) is 5.75 Å². The van der Waals surface area contributed by atoms with Gasteiger partial charge in [-0.1, -0.05) is 36.4 Å². The number of esters is 1. The van der Waals surface area contributed by atoms with Crippen LogP contribution in [0.4, 0.5) is 4.39 Å². The van der Waals surface area contributed by atoms with Crippen LogP contribution < -0.4 is 4.74 Å². The zero-order valence-corrected chi connectivity index (χ0v) is 16.4. The van der Waals surface area contributed by atoms with E-state index in [0.29, 0.717) is 13.2 Å². The normalized spacial score (nSPS) is 13.3. The Morgan fingerprint density at radius 2 is 1.75 bits per heavy atom. The van der Waals surface area contributed by atoms with Crippen LogP contribution in [0.1, 0.15) is 37.8 Å². The minimum Gasteiger partial charge on any atom is -0.489 e. The van der Waals surface area contributed by atoms with E-state index in [4.69, 9.17) is 9.47 Å². The minimum absolute atomic E-state index is 0.0581. The number of halogens is 1. The van der Waals surface area contributed by atoms with Gasteiger partial charge in [-0.3, -0.25) is 4.79 Å². The third-order valence-corrected chi connectivity index (χ3v) is 4.13. The van der Waals surface area contributed by atoms with Gasteiger partial charge in [-0.2, -0.15) is 0 Å². The molecule has 0 aliphatic rings. The first-order valence-electron chi connectivity index (χ1n) is 9.40. The number of carbonyl (C=O) groups excluding carboxylic acids is 1. The van der Waals surface area contributed by atoms with E-state index in [2.05, 4.69) is 0 Å². The molecule has 0 radical (unpaired) electrons. The van der Waals surface area contributed by atoms with Crippen LogP contribution in [0.3, 0.4) is 0 Å². The van der Waals surface area contributed by atoms with Crippen molar-refractivity contribution in [2.24, 2.45) is 0 Å². The fourth-order valence-corrected chi connectivity index (χ4v) is 2.65. The molecule has 0 aliphatic heterocycles. The van der Waals surface area contributed by atoms with Gasteiger partial charge in [0.15, 0.2) is 0 Å². The molecule has 0 heterocycles. The van der Waals surface area contributed by atoms with Crippen LogP contribution >= 0.6 is 0 Å². The van der Waals surface area contributed by atoms with Crippen molar-refractivity contribution in [3.63, 3.8) is 0 Å². The zero-order chi connectivity index (χ0) is 20.4. The molecule has 0 amide bonds. The molecule has 4 nitrogen and oxygen atoms in total. The predicted octanol–water partition coefficient (Wildman–Crippen LogP) is 4.60. The van der Waals surface area contributed by atoms with Crippen LogP contribution in [0.5, 0.6) is 5.75 Å². The molecular weight excluding hydrogens is 359 g/mol. The topological polar surface area (TPSA) is 55.8 Å². The number of hydrogen-bond acceptors (Lipinski definition) is 4. The Hall–Kier alpha value is -2.66. The van der Waals surface area contributed by atoms with Gasteiger partial charge in [0.25, 0.3) is 0 Å². The largest absolute Gasteiger partial charge is 0.489 e. The summed E-state index contributed by atoms with van der Waals surface area (Å²) >= 11 is 0. The van der Waals surface area contributed by atoms with E-state index >= 15 is 0 Å². The van der Waals surface area contributed by atoms with Gasteiger partial charge in [-0.25, -0.2) is 4.39 Å². The molecule has 1 N–H and O–H groups in total. The average molecular weight is 386 g/mol. The average Bonchev–Trinajstić information content (AvgIpc) is 2.65. The molecular formula is C23H27FO4. The number of allylic oxidation sites excluding steroid dienone is 1. The SMILES string of the molecule is CCOC(=O)CC(C)(O)/C=C/CCc1ccc(OCc2ccc(F)cc2)cc1. The summed E-state index contributed by atoms with van der Waals surface area (Å²) in [5.74, 6) is 0.0823. The van der Waals surface area contributed by atoms with Crippen molar-refractivity contribution < 1.29 is 23.8 Å². The molecule has 28 heavy (non-hydrogen) atoms. The van der Waals surface area contributed by atoms with Gasteiger partial charge in [0.1, 0.15) is 18.2 Å². The smallest absolute Gasteiger partial charge is 0.309 e.